The zero-order valence-corrected chi connectivity index (χ0v) is 22.2. The maximum Gasteiger partial charge on any atom is 0.244 e. The van der Waals surface area contributed by atoms with Gasteiger partial charge < -0.3 is 20.6 Å². The molecule has 188 valence electrons. The lowest BCUT2D eigenvalue weighted by molar-refractivity contribution is -0.143. The first-order chi connectivity index (χ1) is 15.3. The van der Waals surface area contributed by atoms with E-state index in [1.807, 2.05) is 27.7 Å². The first-order valence-electron chi connectivity index (χ1n) is 12.5. The Bertz CT molecular complexity index is 776. The van der Waals surface area contributed by atoms with Crippen LogP contribution in [-0.2, 0) is 14.4 Å². The molecule has 3 N–H and O–H groups in total. The van der Waals surface area contributed by atoms with Crippen molar-refractivity contribution in [2.75, 3.05) is 13.2 Å². The average molecular weight is 482 g/mol. The Balaban J connectivity index is 1.98. The van der Waals surface area contributed by atoms with Crippen molar-refractivity contribution in [3.63, 3.8) is 0 Å². The van der Waals surface area contributed by atoms with Gasteiger partial charge in [-0.15, -0.1) is 11.8 Å². The lowest BCUT2D eigenvalue weighted by Gasteiger charge is -2.40. The highest BCUT2D eigenvalue weighted by molar-refractivity contribution is 8.02. The van der Waals surface area contributed by atoms with Gasteiger partial charge in [0.1, 0.15) is 6.04 Å². The molecule has 7 nitrogen and oxygen atoms in total. The van der Waals surface area contributed by atoms with Crippen LogP contribution in [-0.4, -0.2) is 68.5 Å². The van der Waals surface area contributed by atoms with Gasteiger partial charge in [-0.3, -0.25) is 14.4 Å². The third-order valence-electron chi connectivity index (χ3n) is 7.35. The quantitative estimate of drug-likeness (QED) is 0.470. The van der Waals surface area contributed by atoms with Crippen molar-refractivity contribution in [3.8, 4) is 0 Å². The van der Waals surface area contributed by atoms with Gasteiger partial charge in [-0.25, -0.2) is 0 Å². The summed E-state index contributed by atoms with van der Waals surface area (Å²) in [6, 6.07) is -1.11. The van der Waals surface area contributed by atoms with Crippen molar-refractivity contribution in [3.05, 3.63) is 0 Å². The molecule has 3 aliphatic rings. The van der Waals surface area contributed by atoms with Crippen LogP contribution in [0.3, 0.4) is 0 Å². The lowest BCUT2D eigenvalue weighted by atomic mass is 9.70. The third-order valence-corrected chi connectivity index (χ3v) is 9.30. The van der Waals surface area contributed by atoms with Gasteiger partial charge in [0.25, 0.3) is 0 Å². The fourth-order valence-electron chi connectivity index (χ4n) is 6.64. The predicted molar refractivity (Wildman–Crippen MR) is 132 cm³/mol. The van der Waals surface area contributed by atoms with Crippen LogP contribution in [0.25, 0.3) is 0 Å². The largest absolute Gasteiger partial charge is 0.394 e. The fraction of sp³-hybridized carbons (Fsp3) is 0.880. The van der Waals surface area contributed by atoms with E-state index in [0.717, 1.165) is 25.7 Å². The topological polar surface area (TPSA) is 98.7 Å². The minimum Gasteiger partial charge on any atom is -0.394 e. The minimum atomic E-state index is -0.676. The molecule has 6 atom stereocenters. The number of nitrogens with one attached hydrogen (secondary N) is 2. The molecule has 33 heavy (non-hydrogen) atoms. The number of aliphatic hydroxyl groups is 1. The van der Waals surface area contributed by atoms with Gasteiger partial charge in [0.15, 0.2) is 0 Å². The van der Waals surface area contributed by atoms with E-state index < -0.39 is 34.2 Å². The first kappa shape index (κ1) is 26.3. The predicted octanol–water partition coefficient (Wildman–Crippen LogP) is 2.71. The molecule has 3 heterocycles. The smallest absolute Gasteiger partial charge is 0.244 e. The van der Waals surface area contributed by atoms with Gasteiger partial charge in [0.05, 0.1) is 29.2 Å². The average Bonchev–Trinajstić information content (AvgIpc) is 3.32. The van der Waals surface area contributed by atoms with Crippen molar-refractivity contribution < 1.29 is 19.5 Å². The summed E-state index contributed by atoms with van der Waals surface area (Å²) in [5.41, 5.74) is -0.415. The van der Waals surface area contributed by atoms with E-state index in [2.05, 4.69) is 31.4 Å². The summed E-state index contributed by atoms with van der Waals surface area (Å²) in [5.74, 6) is -1.30. The van der Waals surface area contributed by atoms with Crippen LogP contribution in [0.2, 0.25) is 0 Å². The lowest BCUT2D eigenvalue weighted by Crippen LogP contribution is -2.60. The molecular weight excluding hydrogens is 438 g/mol. The number of amides is 3. The van der Waals surface area contributed by atoms with E-state index in [-0.39, 0.29) is 35.0 Å². The molecule has 3 amide bonds. The zero-order valence-electron chi connectivity index (χ0n) is 21.4. The van der Waals surface area contributed by atoms with Crippen LogP contribution in [0.1, 0.15) is 80.6 Å². The van der Waals surface area contributed by atoms with Gasteiger partial charge in [-0.1, -0.05) is 34.6 Å². The van der Waals surface area contributed by atoms with E-state index >= 15 is 0 Å². The van der Waals surface area contributed by atoms with Crippen molar-refractivity contribution in [2.24, 2.45) is 17.3 Å². The molecule has 8 heteroatoms. The van der Waals surface area contributed by atoms with Crippen LogP contribution >= 0.6 is 11.8 Å². The summed E-state index contributed by atoms with van der Waals surface area (Å²) in [4.78, 5) is 42.5. The number of carbonyl (C=O) groups is 3. The second-order valence-electron chi connectivity index (χ2n) is 11.9. The number of nitrogens with zero attached hydrogens (tertiary/aromatic N) is 1. The molecule has 1 spiro atoms. The molecule has 0 radical (unpaired) electrons. The number of aliphatic hydroxyl groups excluding tert-OH is 1. The van der Waals surface area contributed by atoms with Gasteiger partial charge in [-0.05, 0) is 51.4 Å². The van der Waals surface area contributed by atoms with E-state index in [9.17, 15) is 19.5 Å². The van der Waals surface area contributed by atoms with Crippen LogP contribution in [0, 0.1) is 17.3 Å². The molecule has 2 bridgehead atoms. The number of rotatable bonds is 9. The second-order valence-corrected chi connectivity index (χ2v) is 13.5. The molecule has 0 aromatic carbocycles. The first-order valence-corrected chi connectivity index (χ1v) is 13.4. The van der Waals surface area contributed by atoms with Crippen molar-refractivity contribution >= 4 is 29.5 Å². The number of likely N-dealkylation sites (tertiary alicyclic amines) is 1. The Hall–Kier alpha value is -1.28. The van der Waals surface area contributed by atoms with Gasteiger partial charge >= 0.3 is 0 Å². The van der Waals surface area contributed by atoms with Crippen LogP contribution in [0.15, 0.2) is 0 Å². The number of fused-ring (bicyclic) bond motifs is 1. The Morgan fingerprint density at radius 2 is 1.88 bits per heavy atom. The molecule has 3 fully saturated rings. The zero-order chi connectivity index (χ0) is 24.8. The molecule has 3 saturated heterocycles. The molecule has 0 saturated carbocycles. The highest BCUT2D eigenvalue weighted by atomic mass is 32.2. The Kier molecular flexibility index (Phi) is 7.50. The van der Waals surface area contributed by atoms with Crippen LogP contribution in [0.5, 0.6) is 0 Å². The number of thioether (sulfide) groups is 1. The Morgan fingerprint density at radius 3 is 2.42 bits per heavy atom. The fourth-order valence-corrected chi connectivity index (χ4v) is 8.84. The second kappa shape index (κ2) is 9.40. The molecular formula is C25H43N3O4S. The summed E-state index contributed by atoms with van der Waals surface area (Å²) in [7, 11) is 0. The van der Waals surface area contributed by atoms with E-state index in [1.54, 1.807) is 16.7 Å². The van der Waals surface area contributed by atoms with Gasteiger partial charge in [-0.2, -0.15) is 0 Å². The summed E-state index contributed by atoms with van der Waals surface area (Å²) in [5, 5.41) is 16.4. The third kappa shape index (κ3) is 4.79. The van der Waals surface area contributed by atoms with Crippen molar-refractivity contribution in [1.29, 1.82) is 0 Å². The van der Waals surface area contributed by atoms with Crippen LogP contribution in [0.4, 0.5) is 0 Å². The van der Waals surface area contributed by atoms with E-state index in [4.69, 9.17) is 0 Å². The number of hydrogen-bond acceptors (Lipinski definition) is 5. The maximum absolute atomic E-state index is 13.9. The molecule has 3 rings (SSSR count). The summed E-state index contributed by atoms with van der Waals surface area (Å²) in [6.07, 6.45) is 3.76. The molecule has 0 aliphatic carbocycles. The van der Waals surface area contributed by atoms with Crippen molar-refractivity contribution in [2.45, 2.75) is 108 Å². The molecule has 2 unspecified atom stereocenters. The normalized spacial score (nSPS) is 32.1. The summed E-state index contributed by atoms with van der Waals surface area (Å²) in [6.45, 7) is 14.8. The standard InChI is InChI=1S/C25H43N3O4S/c1-8-12-26-20(30)17-16-10-11-25(33-16)18(17)22(32)28(15(9-2)13-29)19(25)21(31)27-24(6,7)14-23(3,4)5/h15-19,29H,8-14H2,1-7H3,(H,26,30)(H,27,31)/t15-,16-,17+,18-,19?,25?/m0/s1. The Labute approximate surface area is 203 Å². The molecule has 3 aliphatic heterocycles. The Morgan fingerprint density at radius 1 is 1.21 bits per heavy atom. The summed E-state index contributed by atoms with van der Waals surface area (Å²) < 4.78 is -0.611. The van der Waals surface area contributed by atoms with Gasteiger partial charge in [0, 0.05) is 17.3 Å². The highest BCUT2D eigenvalue weighted by Gasteiger charge is 2.74. The highest BCUT2D eigenvalue weighted by Crippen LogP contribution is 2.66. The van der Waals surface area contributed by atoms with Crippen LogP contribution < -0.4 is 10.6 Å². The molecule has 0 aromatic rings. The number of hydrogen-bond donors (Lipinski definition) is 3. The summed E-state index contributed by atoms with van der Waals surface area (Å²) >= 11 is 1.68. The monoisotopic (exact) mass is 481 g/mol. The number of carbonyl (C=O) groups excluding carboxylic acids is 3. The van der Waals surface area contributed by atoms with Gasteiger partial charge in [0.2, 0.25) is 17.7 Å². The van der Waals surface area contributed by atoms with E-state index in [0.29, 0.717) is 13.0 Å². The minimum absolute atomic E-state index is 0.0306. The SMILES string of the molecule is CCCNC(=O)[C@@H]1[C@@H]2CCC3(S2)C(C(=O)NC(C)(C)CC(C)(C)C)N([C@@H](CC)CO)C(=O)[C@H]13. The van der Waals surface area contributed by atoms with Crippen molar-refractivity contribution in [1.82, 2.24) is 15.5 Å². The maximum atomic E-state index is 13.9. The molecule has 0 aromatic heterocycles. The van der Waals surface area contributed by atoms with E-state index in [1.165, 1.54) is 0 Å².